The molecular weight excluding hydrogens is 510 g/mol. The zero-order valence-corrected chi connectivity index (χ0v) is 23.0. The van der Waals surface area contributed by atoms with Crippen LogP contribution in [0.15, 0.2) is 58.0 Å². The van der Waals surface area contributed by atoms with Crippen molar-refractivity contribution < 1.29 is 23.9 Å². The molecule has 1 aromatic heterocycles. The monoisotopic (exact) mass is 543 g/mol. The third-order valence-electron chi connectivity index (χ3n) is 7.39. The highest BCUT2D eigenvalue weighted by Crippen LogP contribution is 2.35. The lowest BCUT2D eigenvalue weighted by Crippen LogP contribution is -2.45. The summed E-state index contributed by atoms with van der Waals surface area (Å²) in [6.07, 6.45) is 5.30. The number of hydrogen-bond donors (Lipinski definition) is 1. The van der Waals surface area contributed by atoms with Gasteiger partial charge in [-0.3, -0.25) is 9.69 Å². The molecule has 40 heavy (non-hydrogen) atoms. The van der Waals surface area contributed by atoms with Crippen LogP contribution in [-0.2, 0) is 11.3 Å². The Hall–Kier alpha value is -4.34. The molecule has 5 rings (SSSR count). The summed E-state index contributed by atoms with van der Waals surface area (Å²) in [6, 6.07) is 13.4. The van der Waals surface area contributed by atoms with Gasteiger partial charge in [-0.25, -0.2) is 14.6 Å². The number of nitrogens with zero attached hydrogens (tertiary/aromatic N) is 5. The molecule has 0 saturated heterocycles. The van der Waals surface area contributed by atoms with Gasteiger partial charge in [0.05, 0.1) is 23.5 Å². The van der Waals surface area contributed by atoms with Gasteiger partial charge in [0.1, 0.15) is 6.54 Å². The maximum absolute atomic E-state index is 14.0. The highest BCUT2D eigenvalue weighted by molar-refractivity contribution is 6.12. The predicted molar refractivity (Wildman–Crippen MR) is 149 cm³/mol. The van der Waals surface area contributed by atoms with E-state index in [1.165, 1.54) is 28.5 Å². The number of hydrogen-bond acceptors (Lipinski definition) is 7. The molecule has 0 bridgehead atoms. The number of anilines is 1. The first-order valence-electron chi connectivity index (χ1n) is 13.6. The van der Waals surface area contributed by atoms with Crippen molar-refractivity contribution in [1.82, 2.24) is 15.2 Å². The number of fused-ring (bicyclic) bond motifs is 1. The third-order valence-corrected chi connectivity index (χ3v) is 7.39. The number of carbonyl (C=O) groups excluding carboxylic acids is 2. The number of hydrazone groups is 1. The summed E-state index contributed by atoms with van der Waals surface area (Å²) in [5.74, 6) is -0.676. The molecule has 2 aliphatic rings. The molecule has 10 nitrogen and oxygen atoms in total. The maximum Gasteiger partial charge on any atom is 0.345 e. The molecule has 208 valence electrons. The number of Topliss-reactive ketones (excluding diaryl/α,β-unsaturated/α-hetero) is 1. The number of rotatable bonds is 7. The highest BCUT2D eigenvalue weighted by atomic mass is 16.4. The van der Waals surface area contributed by atoms with E-state index in [1.54, 1.807) is 12.1 Å². The van der Waals surface area contributed by atoms with E-state index >= 15 is 0 Å². The number of amides is 2. The SMILES string of the molecule is CC(C)(C)C(=O)CN1C(=O)N(Cc2nnc(-c3cccc(C(=O)O)c3)o2)N=C(C2CCCCC2)c2ccccc21. The number of benzene rings is 2. The van der Waals surface area contributed by atoms with Gasteiger partial charge in [-0.05, 0) is 37.1 Å². The molecule has 2 aromatic carbocycles. The van der Waals surface area contributed by atoms with Gasteiger partial charge in [-0.1, -0.05) is 64.3 Å². The minimum Gasteiger partial charge on any atom is -0.478 e. The minimum atomic E-state index is -1.06. The fourth-order valence-electron chi connectivity index (χ4n) is 5.06. The minimum absolute atomic E-state index is 0.0740. The van der Waals surface area contributed by atoms with E-state index in [0.717, 1.165) is 37.0 Å². The summed E-state index contributed by atoms with van der Waals surface area (Å²) >= 11 is 0. The molecule has 1 aliphatic heterocycles. The summed E-state index contributed by atoms with van der Waals surface area (Å²) < 4.78 is 5.86. The van der Waals surface area contributed by atoms with Crippen molar-refractivity contribution in [3.05, 3.63) is 65.5 Å². The second-order valence-electron chi connectivity index (χ2n) is 11.3. The van der Waals surface area contributed by atoms with Crippen molar-refractivity contribution in [1.29, 1.82) is 0 Å². The van der Waals surface area contributed by atoms with Crippen molar-refractivity contribution in [2.45, 2.75) is 59.4 Å². The van der Waals surface area contributed by atoms with Crippen LogP contribution in [0.2, 0.25) is 0 Å². The van der Waals surface area contributed by atoms with Gasteiger partial charge in [0.2, 0.25) is 11.8 Å². The predicted octanol–water partition coefficient (Wildman–Crippen LogP) is 5.78. The second kappa shape index (κ2) is 11.0. The van der Waals surface area contributed by atoms with Gasteiger partial charge in [0, 0.05) is 22.5 Å². The van der Waals surface area contributed by atoms with Crippen molar-refractivity contribution in [3.8, 4) is 11.5 Å². The van der Waals surface area contributed by atoms with Gasteiger partial charge in [-0.2, -0.15) is 5.10 Å². The number of para-hydroxylation sites is 1. The first-order valence-corrected chi connectivity index (χ1v) is 13.6. The van der Waals surface area contributed by atoms with E-state index in [4.69, 9.17) is 9.52 Å². The normalized spacial score (nSPS) is 16.4. The lowest BCUT2D eigenvalue weighted by Gasteiger charge is -2.28. The van der Waals surface area contributed by atoms with Crippen LogP contribution in [0, 0.1) is 11.3 Å². The molecule has 0 unspecified atom stereocenters. The molecule has 1 N–H and O–H groups in total. The van der Waals surface area contributed by atoms with Gasteiger partial charge < -0.3 is 9.52 Å². The van der Waals surface area contributed by atoms with E-state index < -0.39 is 17.4 Å². The molecule has 1 fully saturated rings. The van der Waals surface area contributed by atoms with Crippen molar-refractivity contribution in [3.63, 3.8) is 0 Å². The molecule has 1 aliphatic carbocycles. The Labute approximate surface area is 232 Å². The number of carboxylic acids is 1. The van der Waals surface area contributed by atoms with Gasteiger partial charge in [0.15, 0.2) is 5.78 Å². The van der Waals surface area contributed by atoms with Crippen LogP contribution in [0.3, 0.4) is 0 Å². The molecule has 3 aromatic rings. The van der Waals surface area contributed by atoms with Gasteiger partial charge in [-0.15, -0.1) is 10.2 Å². The summed E-state index contributed by atoms with van der Waals surface area (Å²) in [4.78, 5) is 40.1. The van der Waals surface area contributed by atoms with Crippen LogP contribution in [0.5, 0.6) is 0 Å². The number of urea groups is 1. The Morgan fingerprint density at radius 1 is 1.02 bits per heavy atom. The first-order chi connectivity index (χ1) is 19.1. The van der Waals surface area contributed by atoms with E-state index in [1.807, 2.05) is 45.0 Å². The van der Waals surface area contributed by atoms with Gasteiger partial charge >= 0.3 is 12.0 Å². The Morgan fingerprint density at radius 2 is 1.77 bits per heavy atom. The lowest BCUT2D eigenvalue weighted by molar-refractivity contribution is -0.124. The Morgan fingerprint density at radius 3 is 2.50 bits per heavy atom. The summed E-state index contributed by atoms with van der Waals surface area (Å²) in [7, 11) is 0. The Bertz CT molecular complexity index is 1460. The zero-order chi connectivity index (χ0) is 28.4. The number of carbonyl (C=O) groups is 3. The van der Waals surface area contributed by atoms with Crippen molar-refractivity contribution >= 4 is 29.2 Å². The standard InChI is InChI=1S/C30H33N5O5/c1-30(2,3)24(36)17-34-23-15-8-7-14-22(23)26(19-10-5-4-6-11-19)33-35(29(34)39)18-25-31-32-27(40-25)20-12-9-13-21(16-20)28(37)38/h7-9,12-16,19H,4-6,10-11,17-18H2,1-3H3,(H,37,38). The van der Waals surface area contributed by atoms with Crippen LogP contribution in [0.25, 0.3) is 11.5 Å². The smallest absolute Gasteiger partial charge is 0.345 e. The van der Waals surface area contributed by atoms with Crippen LogP contribution in [0.4, 0.5) is 10.5 Å². The lowest BCUT2D eigenvalue weighted by atomic mass is 9.83. The van der Waals surface area contributed by atoms with Crippen LogP contribution in [0.1, 0.15) is 74.7 Å². The van der Waals surface area contributed by atoms with E-state index in [-0.39, 0.29) is 42.1 Å². The average molecular weight is 544 g/mol. The molecular formula is C30H33N5O5. The maximum atomic E-state index is 14.0. The number of carboxylic acid groups (broad SMARTS) is 1. The topological polar surface area (TPSA) is 129 Å². The molecule has 2 amide bonds. The largest absolute Gasteiger partial charge is 0.478 e. The molecule has 1 saturated carbocycles. The fraction of sp³-hybridized carbons (Fsp3) is 0.400. The average Bonchev–Trinajstić information content (AvgIpc) is 3.38. The Kier molecular flexibility index (Phi) is 7.51. The summed E-state index contributed by atoms with van der Waals surface area (Å²) in [5.41, 5.74) is 2.25. The third kappa shape index (κ3) is 5.66. The van der Waals surface area contributed by atoms with Crippen molar-refractivity contribution in [2.75, 3.05) is 11.4 Å². The summed E-state index contributed by atoms with van der Waals surface area (Å²) in [6.45, 7) is 5.31. The van der Waals surface area contributed by atoms with Crippen molar-refractivity contribution in [2.24, 2.45) is 16.4 Å². The number of ketones is 1. The zero-order valence-electron chi connectivity index (χ0n) is 23.0. The molecule has 0 spiro atoms. The quantitative estimate of drug-likeness (QED) is 0.400. The first kappa shape index (κ1) is 27.2. The summed E-state index contributed by atoms with van der Waals surface area (Å²) in [5, 5.41) is 23.7. The van der Waals surface area contributed by atoms with Crippen LogP contribution < -0.4 is 4.90 Å². The van der Waals surface area contributed by atoms with E-state index in [9.17, 15) is 19.5 Å². The number of aromatic nitrogens is 2. The highest BCUT2D eigenvalue weighted by Gasteiger charge is 2.36. The van der Waals surface area contributed by atoms with Crippen LogP contribution in [-0.4, -0.2) is 50.4 Å². The molecule has 0 radical (unpaired) electrons. The van der Waals surface area contributed by atoms with E-state index in [0.29, 0.717) is 11.3 Å². The van der Waals surface area contributed by atoms with E-state index in [2.05, 4.69) is 10.2 Å². The molecule has 0 atom stereocenters. The van der Waals surface area contributed by atoms with Crippen LogP contribution >= 0.6 is 0 Å². The molecule has 10 heteroatoms. The Balaban J connectivity index is 1.52. The second-order valence-corrected chi connectivity index (χ2v) is 11.3. The van der Waals surface area contributed by atoms with Gasteiger partial charge in [0.25, 0.3) is 0 Å². The number of aromatic carboxylic acids is 1. The fourth-order valence-corrected chi connectivity index (χ4v) is 5.06. The molecule has 2 heterocycles.